The normalized spacial score (nSPS) is 20.9. The van der Waals surface area contributed by atoms with Crippen molar-refractivity contribution >= 4 is 29.4 Å². The van der Waals surface area contributed by atoms with Crippen LogP contribution in [-0.2, 0) is 22.6 Å². The van der Waals surface area contributed by atoms with E-state index in [-0.39, 0.29) is 48.9 Å². The first kappa shape index (κ1) is 23.3. The van der Waals surface area contributed by atoms with Gasteiger partial charge in [0.2, 0.25) is 5.91 Å². The second-order valence-electron chi connectivity index (χ2n) is 8.89. The number of hydrogen-bond acceptors (Lipinski definition) is 5. The molecular formula is C24H29ClN4O4. The first-order valence-electron chi connectivity index (χ1n) is 11.4. The molecule has 1 atom stereocenters. The van der Waals surface area contributed by atoms with Crippen molar-refractivity contribution in [1.29, 1.82) is 0 Å². The average Bonchev–Trinajstić information content (AvgIpc) is 3.23. The molecule has 2 aliphatic rings. The highest BCUT2D eigenvalue weighted by molar-refractivity contribution is 6.30. The summed E-state index contributed by atoms with van der Waals surface area (Å²) < 4.78 is 6.49. The second kappa shape index (κ2) is 9.55. The minimum atomic E-state index is -1.18. The zero-order valence-corrected chi connectivity index (χ0v) is 19.7. The van der Waals surface area contributed by atoms with Crippen LogP contribution in [0.2, 0.25) is 5.02 Å². The number of esters is 1. The quantitative estimate of drug-likeness (QED) is 0.648. The van der Waals surface area contributed by atoms with Crippen molar-refractivity contribution in [2.45, 2.75) is 70.6 Å². The SMILES string of the molecule is CCOC(=O)c1cc2n(n1)C[C@@](C)(C(=O)NC1CCCCC1)N(Cc1ccc(Cl)cc1)C2=O. The molecule has 1 saturated carbocycles. The van der Waals surface area contributed by atoms with E-state index in [9.17, 15) is 14.4 Å². The molecule has 0 saturated heterocycles. The summed E-state index contributed by atoms with van der Waals surface area (Å²) in [6.45, 7) is 4.04. The first-order valence-corrected chi connectivity index (χ1v) is 11.8. The number of hydrogen-bond donors (Lipinski definition) is 1. The van der Waals surface area contributed by atoms with E-state index in [1.807, 2.05) is 12.1 Å². The highest BCUT2D eigenvalue weighted by atomic mass is 35.5. The van der Waals surface area contributed by atoms with Crippen LogP contribution in [0.4, 0.5) is 0 Å². The Balaban J connectivity index is 1.68. The summed E-state index contributed by atoms with van der Waals surface area (Å²) >= 11 is 6.02. The molecular weight excluding hydrogens is 444 g/mol. The molecule has 0 bridgehead atoms. The molecule has 33 heavy (non-hydrogen) atoms. The van der Waals surface area contributed by atoms with Gasteiger partial charge in [0, 0.05) is 23.7 Å². The van der Waals surface area contributed by atoms with Gasteiger partial charge in [-0.15, -0.1) is 0 Å². The van der Waals surface area contributed by atoms with E-state index < -0.39 is 11.5 Å². The van der Waals surface area contributed by atoms with E-state index in [0.717, 1.165) is 31.2 Å². The Morgan fingerprint density at radius 3 is 2.58 bits per heavy atom. The molecule has 1 aliphatic heterocycles. The van der Waals surface area contributed by atoms with Gasteiger partial charge in [0.1, 0.15) is 11.2 Å². The van der Waals surface area contributed by atoms with Crippen LogP contribution in [0.3, 0.4) is 0 Å². The third kappa shape index (κ3) is 4.76. The zero-order valence-electron chi connectivity index (χ0n) is 19.0. The molecule has 1 fully saturated rings. The summed E-state index contributed by atoms with van der Waals surface area (Å²) in [5.74, 6) is -1.17. The highest BCUT2D eigenvalue weighted by Crippen LogP contribution is 2.30. The Morgan fingerprint density at radius 1 is 1.21 bits per heavy atom. The fourth-order valence-electron chi connectivity index (χ4n) is 4.55. The molecule has 176 valence electrons. The lowest BCUT2D eigenvalue weighted by Crippen LogP contribution is -2.64. The third-order valence-corrected chi connectivity index (χ3v) is 6.72. The van der Waals surface area contributed by atoms with Gasteiger partial charge in [-0.05, 0) is 44.4 Å². The number of benzene rings is 1. The van der Waals surface area contributed by atoms with E-state index in [0.29, 0.717) is 5.02 Å². The predicted octanol–water partition coefficient (Wildman–Crippen LogP) is 3.58. The van der Waals surface area contributed by atoms with Crippen molar-refractivity contribution in [3.05, 3.63) is 52.3 Å². The van der Waals surface area contributed by atoms with E-state index in [2.05, 4.69) is 10.4 Å². The molecule has 0 spiro atoms. The number of rotatable bonds is 6. The van der Waals surface area contributed by atoms with Crippen LogP contribution in [0.25, 0.3) is 0 Å². The lowest BCUT2D eigenvalue weighted by Gasteiger charge is -2.44. The summed E-state index contributed by atoms with van der Waals surface area (Å²) in [5.41, 5.74) is -0.0133. The Hall–Kier alpha value is -2.87. The van der Waals surface area contributed by atoms with Crippen molar-refractivity contribution in [1.82, 2.24) is 20.0 Å². The largest absolute Gasteiger partial charge is 0.461 e. The molecule has 1 N–H and O–H groups in total. The number of carbonyl (C=O) groups excluding carboxylic acids is 3. The van der Waals surface area contributed by atoms with Gasteiger partial charge in [-0.25, -0.2) is 4.79 Å². The molecule has 2 heterocycles. The minimum Gasteiger partial charge on any atom is -0.461 e. The molecule has 2 aromatic rings. The van der Waals surface area contributed by atoms with Gasteiger partial charge in [-0.3, -0.25) is 14.3 Å². The Kier molecular flexibility index (Phi) is 6.74. The molecule has 8 nitrogen and oxygen atoms in total. The molecule has 1 aromatic heterocycles. The maximum absolute atomic E-state index is 13.6. The van der Waals surface area contributed by atoms with Crippen molar-refractivity contribution in [2.24, 2.45) is 0 Å². The molecule has 0 unspecified atom stereocenters. The number of ether oxygens (including phenoxy) is 1. The van der Waals surface area contributed by atoms with Gasteiger partial charge in [0.15, 0.2) is 5.69 Å². The van der Waals surface area contributed by atoms with Gasteiger partial charge in [-0.1, -0.05) is 43.0 Å². The molecule has 1 aromatic carbocycles. The predicted molar refractivity (Wildman–Crippen MR) is 123 cm³/mol. The topological polar surface area (TPSA) is 93.5 Å². The van der Waals surface area contributed by atoms with Crippen LogP contribution >= 0.6 is 11.6 Å². The number of nitrogens with zero attached hydrogens (tertiary/aromatic N) is 3. The fraction of sp³-hybridized carbons (Fsp3) is 0.500. The van der Waals surface area contributed by atoms with E-state index in [1.165, 1.54) is 17.2 Å². The van der Waals surface area contributed by atoms with Gasteiger partial charge < -0.3 is 15.0 Å². The van der Waals surface area contributed by atoms with Crippen LogP contribution in [0.5, 0.6) is 0 Å². The fourth-order valence-corrected chi connectivity index (χ4v) is 4.68. The Labute approximate surface area is 198 Å². The monoisotopic (exact) mass is 472 g/mol. The lowest BCUT2D eigenvalue weighted by molar-refractivity contribution is -0.134. The smallest absolute Gasteiger partial charge is 0.358 e. The van der Waals surface area contributed by atoms with E-state index >= 15 is 0 Å². The Bertz CT molecular complexity index is 1050. The maximum atomic E-state index is 13.6. The lowest BCUT2D eigenvalue weighted by atomic mass is 9.91. The summed E-state index contributed by atoms with van der Waals surface area (Å²) in [5, 5.41) is 8.06. The summed E-state index contributed by atoms with van der Waals surface area (Å²) in [6, 6.07) is 8.73. The average molecular weight is 473 g/mol. The zero-order chi connectivity index (χ0) is 23.6. The van der Waals surface area contributed by atoms with Crippen molar-refractivity contribution in [3.8, 4) is 0 Å². The van der Waals surface area contributed by atoms with Crippen LogP contribution in [0.15, 0.2) is 30.3 Å². The maximum Gasteiger partial charge on any atom is 0.358 e. The number of fused-ring (bicyclic) bond motifs is 1. The van der Waals surface area contributed by atoms with E-state index in [1.54, 1.807) is 30.9 Å². The standard InChI is InChI=1S/C24H29ClN4O4/c1-3-33-22(31)19-13-20-21(30)28(14-16-9-11-17(25)12-10-16)24(2,15-29(20)27-19)23(32)26-18-7-5-4-6-8-18/h9-13,18H,3-8,14-15H2,1-2H3,(H,26,32)/t24-/m0/s1. The van der Waals surface area contributed by atoms with Gasteiger partial charge in [0.05, 0.1) is 13.2 Å². The first-order chi connectivity index (χ1) is 15.8. The summed E-state index contributed by atoms with van der Waals surface area (Å²) in [7, 11) is 0. The molecule has 2 amide bonds. The van der Waals surface area contributed by atoms with Crippen LogP contribution in [0.1, 0.15) is 72.5 Å². The van der Waals surface area contributed by atoms with Gasteiger partial charge >= 0.3 is 5.97 Å². The number of carbonyl (C=O) groups is 3. The number of halogens is 1. The van der Waals surface area contributed by atoms with Crippen molar-refractivity contribution < 1.29 is 19.1 Å². The summed E-state index contributed by atoms with van der Waals surface area (Å²) in [4.78, 5) is 41.0. The number of nitrogens with one attached hydrogen (secondary N) is 1. The number of aromatic nitrogens is 2. The van der Waals surface area contributed by atoms with E-state index in [4.69, 9.17) is 16.3 Å². The summed E-state index contributed by atoms with van der Waals surface area (Å²) in [6.07, 6.45) is 5.22. The van der Waals surface area contributed by atoms with Crippen LogP contribution < -0.4 is 5.32 Å². The highest BCUT2D eigenvalue weighted by Gasteiger charge is 2.48. The molecule has 1 aliphatic carbocycles. The Morgan fingerprint density at radius 2 is 1.91 bits per heavy atom. The van der Waals surface area contributed by atoms with Crippen molar-refractivity contribution in [2.75, 3.05) is 6.61 Å². The third-order valence-electron chi connectivity index (χ3n) is 6.47. The molecule has 0 radical (unpaired) electrons. The number of amides is 2. The van der Waals surface area contributed by atoms with Crippen LogP contribution in [0, 0.1) is 0 Å². The van der Waals surface area contributed by atoms with Gasteiger partial charge in [0.25, 0.3) is 5.91 Å². The van der Waals surface area contributed by atoms with Gasteiger partial charge in [-0.2, -0.15) is 5.10 Å². The molecule has 9 heteroatoms. The minimum absolute atomic E-state index is 0.0589. The van der Waals surface area contributed by atoms with Crippen LogP contribution in [-0.4, -0.2) is 50.7 Å². The second-order valence-corrected chi connectivity index (χ2v) is 9.33. The molecule has 4 rings (SSSR count). The van der Waals surface area contributed by atoms with Crippen molar-refractivity contribution in [3.63, 3.8) is 0 Å².